The summed E-state index contributed by atoms with van der Waals surface area (Å²) in [5.41, 5.74) is 3.85. The van der Waals surface area contributed by atoms with E-state index < -0.39 is 0 Å². The SMILES string of the molecule is c1nc(-c2csc(CNCC3CC3)n2)cs1. The first-order chi connectivity index (χ1) is 7.92. The van der Waals surface area contributed by atoms with Crippen molar-refractivity contribution in [3.05, 3.63) is 21.3 Å². The summed E-state index contributed by atoms with van der Waals surface area (Å²) in [6.45, 7) is 2.04. The van der Waals surface area contributed by atoms with Crippen LogP contribution in [0.1, 0.15) is 17.8 Å². The summed E-state index contributed by atoms with van der Waals surface area (Å²) in [7, 11) is 0. The smallest absolute Gasteiger partial charge is 0.107 e. The first kappa shape index (κ1) is 10.4. The molecule has 16 heavy (non-hydrogen) atoms. The van der Waals surface area contributed by atoms with Gasteiger partial charge in [-0.25, -0.2) is 9.97 Å². The van der Waals surface area contributed by atoms with Crippen molar-refractivity contribution in [3.8, 4) is 11.4 Å². The molecule has 0 aromatic carbocycles. The molecule has 0 amide bonds. The number of hydrogen-bond donors (Lipinski definition) is 1. The number of thiazole rings is 2. The Morgan fingerprint density at radius 3 is 3.00 bits per heavy atom. The molecule has 2 heterocycles. The molecule has 0 atom stereocenters. The maximum absolute atomic E-state index is 4.57. The van der Waals surface area contributed by atoms with Gasteiger partial charge >= 0.3 is 0 Å². The molecule has 0 bridgehead atoms. The Labute approximate surface area is 103 Å². The van der Waals surface area contributed by atoms with Gasteiger partial charge in [0.05, 0.1) is 5.51 Å². The average Bonchev–Trinajstić information content (AvgIpc) is 2.83. The highest BCUT2D eigenvalue weighted by Gasteiger charge is 2.20. The molecule has 3 rings (SSSR count). The van der Waals surface area contributed by atoms with Crippen LogP contribution in [-0.2, 0) is 6.54 Å². The third kappa shape index (κ3) is 2.48. The number of hydrogen-bond acceptors (Lipinski definition) is 5. The van der Waals surface area contributed by atoms with Crippen LogP contribution in [0.15, 0.2) is 16.3 Å². The molecule has 2 aromatic rings. The summed E-state index contributed by atoms with van der Waals surface area (Å²) >= 11 is 3.32. The number of nitrogens with zero attached hydrogens (tertiary/aromatic N) is 2. The lowest BCUT2D eigenvalue weighted by molar-refractivity contribution is 0.637. The molecule has 1 aliphatic rings. The van der Waals surface area contributed by atoms with Crippen LogP contribution in [-0.4, -0.2) is 16.5 Å². The van der Waals surface area contributed by atoms with Crippen LogP contribution in [0.4, 0.5) is 0 Å². The van der Waals surface area contributed by atoms with Crippen molar-refractivity contribution in [2.75, 3.05) is 6.54 Å². The normalized spacial score (nSPS) is 15.5. The summed E-state index contributed by atoms with van der Waals surface area (Å²) < 4.78 is 0. The van der Waals surface area contributed by atoms with E-state index in [1.807, 2.05) is 10.9 Å². The van der Waals surface area contributed by atoms with Crippen molar-refractivity contribution in [2.45, 2.75) is 19.4 Å². The van der Waals surface area contributed by atoms with Gasteiger partial charge in [-0.05, 0) is 25.3 Å². The third-order valence-corrected chi connectivity index (χ3v) is 4.09. The average molecular weight is 251 g/mol. The molecule has 0 aliphatic heterocycles. The van der Waals surface area contributed by atoms with Crippen molar-refractivity contribution in [3.63, 3.8) is 0 Å². The Morgan fingerprint density at radius 1 is 1.31 bits per heavy atom. The predicted molar refractivity (Wildman–Crippen MR) is 67.7 cm³/mol. The van der Waals surface area contributed by atoms with Gasteiger partial charge in [-0.15, -0.1) is 22.7 Å². The molecular formula is C11H13N3S2. The van der Waals surface area contributed by atoms with E-state index in [2.05, 4.69) is 20.7 Å². The highest BCUT2D eigenvalue weighted by atomic mass is 32.1. The zero-order valence-electron chi connectivity index (χ0n) is 8.85. The largest absolute Gasteiger partial charge is 0.310 e. The Bertz CT molecular complexity index is 446. The molecular weight excluding hydrogens is 238 g/mol. The van der Waals surface area contributed by atoms with E-state index in [0.29, 0.717) is 0 Å². The summed E-state index contributed by atoms with van der Waals surface area (Å²) in [6.07, 6.45) is 2.80. The van der Waals surface area contributed by atoms with E-state index in [9.17, 15) is 0 Å². The van der Waals surface area contributed by atoms with Crippen molar-refractivity contribution in [1.82, 2.24) is 15.3 Å². The molecule has 3 nitrogen and oxygen atoms in total. The predicted octanol–water partition coefficient (Wildman–Crippen LogP) is 2.77. The monoisotopic (exact) mass is 251 g/mol. The molecule has 1 fully saturated rings. The van der Waals surface area contributed by atoms with Gasteiger partial charge < -0.3 is 5.32 Å². The van der Waals surface area contributed by atoms with E-state index in [1.54, 1.807) is 22.7 Å². The molecule has 2 aromatic heterocycles. The van der Waals surface area contributed by atoms with Gasteiger partial charge in [0.2, 0.25) is 0 Å². The summed E-state index contributed by atoms with van der Waals surface area (Å²) in [4.78, 5) is 8.83. The molecule has 0 saturated heterocycles. The van der Waals surface area contributed by atoms with E-state index in [-0.39, 0.29) is 0 Å². The van der Waals surface area contributed by atoms with Gasteiger partial charge in [-0.3, -0.25) is 0 Å². The van der Waals surface area contributed by atoms with Gasteiger partial charge in [0, 0.05) is 17.3 Å². The molecule has 0 unspecified atom stereocenters. The molecule has 5 heteroatoms. The lowest BCUT2D eigenvalue weighted by Crippen LogP contribution is -2.15. The van der Waals surface area contributed by atoms with Crippen LogP contribution in [0, 0.1) is 5.92 Å². The standard InChI is InChI=1S/C11H13N3S2/c1-2-8(1)3-12-4-11-14-10(6-16-11)9-5-15-7-13-9/h5-8,12H,1-4H2. The molecule has 1 aliphatic carbocycles. The Kier molecular flexibility index (Phi) is 2.99. The minimum atomic E-state index is 0.894. The van der Waals surface area contributed by atoms with E-state index in [4.69, 9.17) is 0 Å². The van der Waals surface area contributed by atoms with E-state index in [1.165, 1.54) is 12.8 Å². The second-order valence-electron chi connectivity index (χ2n) is 4.07. The van der Waals surface area contributed by atoms with Crippen LogP contribution in [0.25, 0.3) is 11.4 Å². The van der Waals surface area contributed by atoms with Crippen molar-refractivity contribution < 1.29 is 0 Å². The van der Waals surface area contributed by atoms with Gasteiger partial charge in [-0.2, -0.15) is 0 Å². The lowest BCUT2D eigenvalue weighted by Gasteiger charge is -1.98. The Morgan fingerprint density at radius 2 is 2.25 bits per heavy atom. The zero-order valence-corrected chi connectivity index (χ0v) is 10.5. The van der Waals surface area contributed by atoms with E-state index >= 15 is 0 Å². The third-order valence-electron chi connectivity index (χ3n) is 2.65. The van der Waals surface area contributed by atoms with Crippen LogP contribution >= 0.6 is 22.7 Å². The molecule has 0 radical (unpaired) electrons. The van der Waals surface area contributed by atoms with Crippen molar-refractivity contribution >= 4 is 22.7 Å². The van der Waals surface area contributed by atoms with Gasteiger partial charge in [-0.1, -0.05) is 0 Å². The molecule has 1 saturated carbocycles. The maximum atomic E-state index is 4.57. The molecule has 1 N–H and O–H groups in total. The fourth-order valence-electron chi connectivity index (χ4n) is 1.55. The molecule has 84 valence electrons. The first-order valence-corrected chi connectivity index (χ1v) is 7.28. The fraction of sp³-hybridized carbons (Fsp3) is 0.455. The van der Waals surface area contributed by atoms with Gasteiger partial charge in [0.25, 0.3) is 0 Å². The quantitative estimate of drug-likeness (QED) is 0.888. The van der Waals surface area contributed by atoms with Gasteiger partial charge in [0.15, 0.2) is 0 Å². The van der Waals surface area contributed by atoms with Crippen molar-refractivity contribution in [1.29, 1.82) is 0 Å². The highest BCUT2D eigenvalue weighted by molar-refractivity contribution is 7.10. The first-order valence-electron chi connectivity index (χ1n) is 5.45. The van der Waals surface area contributed by atoms with Crippen LogP contribution in [0.5, 0.6) is 0 Å². The fourth-order valence-corrected chi connectivity index (χ4v) is 2.86. The number of nitrogens with one attached hydrogen (secondary N) is 1. The van der Waals surface area contributed by atoms with Crippen molar-refractivity contribution in [2.24, 2.45) is 5.92 Å². The minimum absolute atomic E-state index is 0.894. The van der Waals surface area contributed by atoms with Crippen LogP contribution < -0.4 is 5.32 Å². The Hall–Kier alpha value is -0.780. The maximum Gasteiger partial charge on any atom is 0.107 e. The molecule has 0 spiro atoms. The van der Waals surface area contributed by atoms with Gasteiger partial charge in [0.1, 0.15) is 16.4 Å². The van der Waals surface area contributed by atoms with Crippen LogP contribution in [0.2, 0.25) is 0 Å². The second-order valence-corrected chi connectivity index (χ2v) is 5.74. The highest BCUT2D eigenvalue weighted by Crippen LogP contribution is 2.28. The topological polar surface area (TPSA) is 37.8 Å². The lowest BCUT2D eigenvalue weighted by atomic mass is 10.4. The summed E-state index contributed by atoms with van der Waals surface area (Å²) in [6, 6.07) is 0. The van der Waals surface area contributed by atoms with Crippen LogP contribution in [0.3, 0.4) is 0 Å². The minimum Gasteiger partial charge on any atom is -0.310 e. The Balaban J connectivity index is 1.59. The van der Waals surface area contributed by atoms with E-state index in [0.717, 1.165) is 35.4 Å². The summed E-state index contributed by atoms with van der Waals surface area (Å²) in [5, 5.41) is 8.73. The number of aromatic nitrogens is 2. The zero-order chi connectivity index (χ0) is 10.8. The number of rotatable bonds is 5. The second kappa shape index (κ2) is 4.61. The summed E-state index contributed by atoms with van der Waals surface area (Å²) in [5.74, 6) is 0.929.